The van der Waals surface area contributed by atoms with Crippen molar-refractivity contribution < 1.29 is 9.90 Å². The third-order valence-corrected chi connectivity index (χ3v) is 6.87. The van der Waals surface area contributed by atoms with Gasteiger partial charge in [0.15, 0.2) is 5.78 Å². The predicted molar refractivity (Wildman–Crippen MR) is 116 cm³/mol. The van der Waals surface area contributed by atoms with E-state index in [1.54, 1.807) is 12.1 Å². The van der Waals surface area contributed by atoms with Crippen LogP contribution < -0.4 is 5.56 Å². The number of aromatic nitrogens is 1. The maximum absolute atomic E-state index is 12.6. The van der Waals surface area contributed by atoms with Crippen LogP contribution in [0, 0.1) is 11.3 Å². The van der Waals surface area contributed by atoms with Gasteiger partial charge in [-0.05, 0) is 11.1 Å². The van der Waals surface area contributed by atoms with Gasteiger partial charge in [-0.1, -0.05) is 54.6 Å². The number of ketones is 1. The van der Waals surface area contributed by atoms with Crippen LogP contribution in [0.25, 0.3) is 21.3 Å². The molecule has 29 heavy (non-hydrogen) atoms. The maximum atomic E-state index is 12.6. The molecular formula is C22H14N2O3S2. The van der Waals surface area contributed by atoms with Gasteiger partial charge in [-0.15, -0.1) is 23.1 Å². The Balaban J connectivity index is 1.54. The molecule has 0 fully saturated rings. The summed E-state index contributed by atoms with van der Waals surface area (Å²) in [5.74, 6) is -0.0782. The minimum atomic E-state index is -0.476. The molecule has 0 atom stereocenters. The summed E-state index contributed by atoms with van der Waals surface area (Å²) in [6, 6.07) is 20.5. The number of pyridine rings is 1. The molecule has 4 rings (SSSR count). The highest BCUT2D eigenvalue weighted by Gasteiger charge is 2.18. The van der Waals surface area contributed by atoms with Crippen LogP contribution in [0.4, 0.5) is 0 Å². The van der Waals surface area contributed by atoms with E-state index < -0.39 is 5.56 Å². The van der Waals surface area contributed by atoms with E-state index in [4.69, 9.17) is 0 Å². The van der Waals surface area contributed by atoms with Crippen LogP contribution in [0.2, 0.25) is 0 Å². The summed E-state index contributed by atoms with van der Waals surface area (Å²) >= 11 is 2.42. The topological polar surface area (TPSA) is 93.9 Å². The molecule has 0 aliphatic rings. The summed E-state index contributed by atoms with van der Waals surface area (Å²) in [5, 5.41) is 19.4. The molecule has 0 spiro atoms. The molecule has 2 aromatic heterocycles. The van der Waals surface area contributed by atoms with E-state index in [1.165, 1.54) is 23.1 Å². The first-order valence-corrected chi connectivity index (χ1v) is 10.5. The molecule has 0 bridgehead atoms. The quantitative estimate of drug-likeness (QED) is 0.358. The second-order valence-corrected chi connectivity index (χ2v) is 8.52. The fourth-order valence-corrected chi connectivity index (χ4v) is 5.19. The number of thioether (sulfide) groups is 1. The summed E-state index contributed by atoms with van der Waals surface area (Å²) in [7, 11) is 0. The monoisotopic (exact) mass is 418 g/mol. The molecular weight excluding hydrogens is 404 g/mol. The van der Waals surface area contributed by atoms with Crippen LogP contribution in [-0.2, 0) is 0 Å². The van der Waals surface area contributed by atoms with E-state index in [2.05, 4.69) is 11.1 Å². The van der Waals surface area contributed by atoms with Gasteiger partial charge < -0.3 is 10.1 Å². The van der Waals surface area contributed by atoms with Crippen LogP contribution in [0.5, 0.6) is 5.75 Å². The summed E-state index contributed by atoms with van der Waals surface area (Å²) in [6.45, 7) is 0. The largest absolute Gasteiger partial charge is 0.506 e. The van der Waals surface area contributed by atoms with Gasteiger partial charge in [0, 0.05) is 11.6 Å². The highest BCUT2D eigenvalue weighted by atomic mass is 32.2. The molecule has 2 aromatic carbocycles. The van der Waals surface area contributed by atoms with Crippen LogP contribution in [0.1, 0.15) is 15.9 Å². The van der Waals surface area contributed by atoms with Gasteiger partial charge in [-0.3, -0.25) is 9.59 Å². The number of nitrogens with zero attached hydrogens (tertiary/aromatic N) is 1. The van der Waals surface area contributed by atoms with Gasteiger partial charge in [0.25, 0.3) is 5.56 Å². The van der Waals surface area contributed by atoms with Crippen LogP contribution >= 0.6 is 23.1 Å². The summed E-state index contributed by atoms with van der Waals surface area (Å²) in [6.07, 6.45) is 0. The number of hydrogen-bond donors (Lipinski definition) is 2. The molecule has 0 radical (unpaired) electrons. The molecule has 4 aromatic rings. The Morgan fingerprint density at radius 2 is 1.79 bits per heavy atom. The lowest BCUT2D eigenvalue weighted by atomic mass is 10.0. The molecule has 0 aliphatic carbocycles. The van der Waals surface area contributed by atoms with Crippen molar-refractivity contribution in [3.05, 3.63) is 82.1 Å². The second kappa shape index (κ2) is 7.95. The zero-order valence-electron chi connectivity index (χ0n) is 15.0. The number of benzene rings is 2. The maximum Gasteiger partial charge on any atom is 0.252 e. The Morgan fingerprint density at radius 3 is 2.48 bits per heavy atom. The third kappa shape index (κ3) is 3.81. The number of rotatable bonds is 5. The van der Waals surface area contributed by atoms with Crippen LogP contribution in [-0.4, -0.2) is 21.6 Å². The Morgan fingerprint density at radius 1 is 1.10 bits per heavy atom. The van der Waals surface area contributed by atoms with Crippen molar-refractivity contribution in [1.29, 1.82) is 5.26 Å². The number of Topliss-reactive ketones (excluding diaryl/α,β-unsaturated/α-hetero) is 1. The first-order chi connectivity index (χ1) is 14.1. The molecule has 0 aliphatic heterocycles. The lowest BCUT2D eigenvalue weighted by molar-refractivity contribution is 0.102. The summed E-state index contributed by atoms with van der Waals surface area (Å²) < 4.78 is 1.03. The van der Waals surface area contributed by atoms with Gasteiger partial charge in [0.1, 0.15) is 17.4 Å². The standard InChI is InChI=1S/C22H14N2O3S2/c23-11-16-20-21(17(25)10-19(27)24-20)29-22(16)28-12-18(26)15-8-6-14(7-9-15)13-4-2-1-3-5-13/h1-10H,12H2,(H2,24,25,27). The first kappa shape index (κ1) is 19.0. The van der Waals surface area contributed by atoms with Crippen molar-refractivity contribution in [3.63, 3.8) is 0 Å². The van der Waals surface area contributed by atoms with Gasteiger partial charge in [-0.2, -0.15) is 5.26 Å². The number of aromatic hydroxyl groups is 1. The van der Waals surface area contributed by atoms with Gasteiger partial charge >= 0.3 is 0 Å². The van der Waals surface area contributed by atoms with E-state index in [9.17, 15) is 20.0 Å². The molecule has 0 unspecified atom stereocenters. The normalized spacial score (nSPS) is 10.7. The number of H-pyrrole nitrogens is 1. The second-order valence-electron chi connectivity index (χ2n) is 6.25. The lowest BCUT2D eigenvalue weighted by Gasteiger charge is -2.04. The Bertz CT molecular complexity index is 1300. The first-order valence-electron chi connectivity index (χ1n) is 8.67. The van der Waals surface area contributed by atoms with Gasteiger partial charge in [0.2, 0.25) is 0 Å². The average Bonchev–Trinajstić information content (AvgIpc) is 3.10. The smallest absolute Gasteiger partial charge is 0.252 e. The Hall–Kier alpha value is -3.34. The number of fused-ring (bicyclic) bond motifs is 1. The van der Waals surface area contributed by atoms with Crippen molar-refractivity contribution in [2.45, 2.75) is 4.21 Å². The van der Waals surface area contributed by atoms with Crippen LogP contribution in [0.15, 0.2) is 69.7 Å². The fraction of sp³-hybridized carbons (Fsp3) is 0.0455. The highest BCUT2D eigenvalue weighted by molar-refractivity contribution is 8.02. The molecule has 7 heteroatoms. The Kier molecular flexibility index (Phi) is 5.21. The zero-order valence-corrected chi connectivity index (χ0v) is 16.6. The zero-order chi connectivity index (χ0) is 20.4. The van der Waals surface area contributed by atoms with Gasteiger partial charge in [0.05, 0.1) is 20.2 Å². The van der Waals surface area contributed by atoms with E-state index in [0.717, 1.165) is 17.2 Å². The molecule has 2 N–H and O–H groups in total. The molecule has 5 nitrogen and oxygen atoms in total. The minimum Gasteiger partial charge on any atom is -0.506 e. The predicted octanol–water partition coefficient (Wildman–Crippen LogP) is 4.81. The number of carbonyl (C=O) groups excluding carboxylic acids is 1. The average molecular weight is 418 g/mol. The van der Waals surface area contributed by atoms with Gasteiger partial charge in [-0.25, -0.2) is 0 Å². The van der Waals surface area contributed by atoms with Crippen molar-refractivity contribution in [2.24, 2.45) is 0 Å². The van der Waals surface area contributed by atoms with E-state index in [-0.39, 0.29) is 22.8 Å². The fourth-order valence-electron chi connectivity index (χ4n) is 2.96. The number of hydrogen-bond acceptors (Lipinski definition) is 6. The highest BCUT2D eigenvalue weighted by Crippen LogP contribution is 2.40. The van der Waals surface area contributed by atoms with E-state index in [1.807, 2.05) is 42.5 Å². The van der Waals surface area contributed by atoms with Crippen LogP contribution in [0.3, 0.4) is 0 Å². The van der Waals surface area contributed by atoms with Crippen molar-refractivity contribution >= 4 is 39.1 Å². The number of nitriles is 1. The SMILES string of the molecule is N#Cc1c(SCC(=O)c2ccc(-c3ccccc3)cc2)sc2c(O)cc(=O)[nH]c12. The number of aromatic amines is 1. The number of thiophene rings is 1. The Labute approximate surface area is 174 Å². The van der Waals surface area contributed by atoms with Crippen molar-refractivity contribution in [1.82, 2.24) is 4.98 Å². The number of nitrogens with one attached hydrogen (secondary N) is 1. The summed E-state index contributed by atoms with van der Waals surface area (Å²) in [4.78, 5) is 26.8. The molecule has 0 saturated heterocycles. The molecule has 2 heterocycles. The number of carbonyl (C=O) groups is 1. The molecule has 142 valence electrons. The third-order valence-electron chi connectivity index (χ3n) is 4.38. The minimum absolute atomic E-state index is 0.0614. The van der Waals surface area contributed by atoms with Crippen molar-refractivity contribution in [2.75, 3.05) is 5.75 Å². The van der Waals surface area contributed by atoms with Crippen molar-refractivity contribution in [3.8, 4) is 22.9 Å². The summed E-state index contributed by atoms with van der Waals surface area (Å²) in [5.41, 5.74) is 2.81. The molecule has 0 saturated carbocycles. The molecule has 0 amide bonds. The van der Waals surface area contributed by atoms with E-state index >= 15 is 0 Å². The van der Waals surface area contributed by atoms with E-state index in [0.29, 0.717) is 20.0 Å². The lowest BCUT2D eigenvalue weighted by Crippen LogP contribution is -2.03.